The van der Waals surface area contributed by atoms with Gasteiger partial charge in [-0.25, -0.2) is 4.98 Å². The molecule has 6 heteroatoms. The quantitative estimate of drug-likeness (QED) is 0.302. The van der Waals surface area contributed by atoms with Gasteiger partial charge in [0.25, 0.3) is 0 Å². The Kier molecular flexibility index (Phi) is 7.46. The van der Waals surface area contributed by atoms with Crippen molar-refractivity contribution in [1.29, 1.82) is 0 Å². The van der Waals surface area contributed by atoms with Gasteiger partial charge in [0.15, 0.2) is 5.13 Å². The normalized spacial score (nSPS) is 15.6. The second-order valence-corrected chi connectivity index (χ2v) is 10.6. The Labute approximate surface area is 205 Å². The maximum Gasteiger partial charge on any atom is 0.186 e. The third-order valence-electron chi connectivity index (χ3n) is 6.36. The van der Waals surface area contributed by atoms with Crippen LogP contribution in [-0.2, 0) is 11.3 Å². The van der Waals surface area contributed by atoms with Gasteiger partial charge in [-0.1, -0.05) is 54.4 Å². The summed E-state index contributed by atoms with van der Waals surface area (Å²) in [6.07, 6.45) is 3.82. The van der Waals surface area contributed by atoms with Gasteiger partial charge < -0.3 is 9.64 Å². The summed E-state index contributed by atoms with van der Waals surface area (Å²) in [6, 6.07) is 14.9. The molecule has 32 heavy (non-hydrogen) atoms. The number of hydrogen-bond donors (Lipinski definition) is 0. The molecule has 4 rings (SSSR count). The summed E-state index contributed by atoms with van der Waals surface area (Å²) in [7, 11) is 1.75. The number of aromatic nitrogens is 1. The van der Waals surface area contributed by atoms with Crippen molar-refractivity contribution < 1.29 is 4.74 Å². The molecule has 0 amide bonds. The average Bonchev–Trinajstić information content (AvgIpc) is 3.55. The number of nitrogens with zero attached hydrogens (tertiary/aromatic N) is 2. The van der Waals surface area contributed by atoms with Crippen LogP contribution in [0.3, 0.4) is 0 Å². The van der Waals surface area contributed by atoms with Gasteiger partial charge in [0.1, 0.15) is 0 Å². The zero-order valence-corrected chi connectivity index (χ0v) is 21.4. The van der Waals surface area contributed by atoms with Crippen molar-refractivity contribution >= 4 is 39.7 Å². The highest BCUT2D eigenvalue weighted by Crippen LogP contribution is 2.43. The first-order valence-electron chi connectivity index (χ1n) is 11.2. The van der Waals surface area contributed by atoms with Gasteiger partial charge >= 0.3 is 0 Å². The van der Waals surface area contributed by atoms with Crippen molar-refractivity contribution in [3.63, 3.8) is 0 Å². The van der Waals surface area contributed by atoms with Crippen molar-refractivity contribution in [3.05, 3.63) is 68.5 Å². The summed E-state index contributed by atoms with van der Waals surface area (Å²) in [5.74, 6) is 0.750. The van der Waals surface area contributed by atoms with Crippen molar-refractivity contribution in [3.8, 4) is 11.3 Å². The molecule has 0 aliphatic heterocycles. The van der Waals surface area contributed by atoms with E-state index in [0.29, 0.717) is 16.1 Å². The van der Waals surface area contributed by atoms with E-state index < -0.39 is 0 Å². The van der Waals surface area contributed by atoms with E-state index >= 15 is 0 Å². The fourth-order valence-electron chi connectivity index (χ4n) is 4.28. The van der Waals surface area contributed by atoms with E-state index in [2.05, 4.69) is 49.9 Å². The molecule has 2 aromatic carbocycles. The van der Waals surface area contributed by atoms with Crippen molar-refractivity contribution in [2.45, 2.75) is 58.7 Å². The minimum atomic E-state index is 0.100. The molecule has 1 heterocycles. The minimum absolute atomic E-state index is 0.100. The first kappa shape index (κ1) is 23.6. The molecule has 1 aliphatic rings. The van der Waals surface area contributed by atoms with Crippen molar-refractivity contribution in [1.82, 2.24) is 4.98 Å². The molecule has 0 bridgehead atoms. The van der Waals surface area contributed by atoms with Gasteiger partial charge in [-0.3, -0.25) is 0 Å². The Morgan fingerprint density at radius 1 is 1.16 bits per heavy atom. The first-order chi connectivity index (χ1) is 15.4. The second-order valence-electron chi connectivity index (χ2n) is 8.59. The molecule has 0 N–H and O–H groups in total. The fourth-order valence-corrected chi connectivity index (χ4v) is 5.76. The second kappa shape index (κ2) is 10.1. The molecule has 3 aromatic rings. The standard InChI is InChI=1S/C26H30Cl2N2OS/c1-5-24(20-10-11-20)30(15-18-6-8-19(9-7-18)16(2)31-4)26-29-25(17(3)32-26)22-13-12-21(27)14-23(22)28/h6-9,12-14,16,20,24H,5,10-11,15H2,1-4H3. The van der Waals surface area contributed by atoms with E-state index in [9.17, 15) is 0 Å². The number of benzene rings is 2. The molecule has 170 valence electrons. The van der Waals surface area contributed by atoms with Crippen LogP contribution < -0.4 is 4.90 Å². The summed E-state index contributed by atoms with van der Waals surface area (Å²) in [4.78, 5) is 8.78. The maximum absolute atomic E-state index is 6.51. The predicted octanol–water partition coefficient (Wildman–Crippen LogP) is 8.33. The third kappa shape index (κ3) is 5.14. The minimum Gasteiger partial charge on any atom is -0.377 e. The number of aryl methyl sites for hydroxylation is 1. The number of rotatable bonds is 9. The highest BCUT2D eigenvalue weighted by Gasteiger charge is 2.35. The largest absolute Gasteiger partial charge is 0.377 e. The number of methoxy groups -OCH3 is 1. The van der Waals surface area contributed by atoms with Gasteiger partial charge in [0.2, 0.25) is 0 Å². The van der Waals surface area contributed by atoms with Gasteiger partial charge in [0, 0.05) is 35.2 Å². The zero-order chi connectivity index (χ0) is 22.8. The summed E-state index contributed by atoms with van der Waals surface area (Å²) >= 11 is 14.4. The van der Waals surface area contributed by atoms with Crippen LogP contribution in [0.4, 0.5) is 5.13 Å². The van der Waals surface area contributed by atoms with Gasteiger partial charge in [-0.15, -0.1) is 11.3 Å². The fraction of sp³-hybridized carbons (Fsp3) is 0.423. The molecule has 1 aliphatic carbocycles. The summed E-state index contributed by atoms with van der Waals surface area (Å²) < 4.78 is 5.46. The number of hydrogen-bond acceptors (Lipinski definition) is 4. The number of ether oxygens (including phenoxy) is 1. The summed E-state index contributed by atoms with van der Waals surface area (Å²) in [5.41, 5.74) is 4.37. The van der Waals surface area contributed by atoms with Crippen molar-refractivity contribution in [2.75, 3.05) is 12.0 Å². The molecule has 1 aromatic heterocycles. The molecule has 3 nitrogen and oxygen atoms in total. The van der Waals surface area contributed by atoms with Crippen LogP contribution >= 0.6 is 34.5 Å². The number of anilines is 1. The van der Waals surface area contributed by atoms with E-state index in [1.165, 1.54) is 28.8 Å². The molecular weight excluding hydrogens is 459 g/mol. The molecule has 0 radical (unpaired) electrons. The third-order valence-corrected chi connectivity index (χ3v) is 7.91. The van der Waals surface area contributed by atoms with Crippen LogP contribution in [0.25, 0.3) is 11.3 Å². The van der Waals surface area contributed by atoms with Gasteiger partial charge in [-0.05, 0) is 68.4 Å². The Morgan fingerprint density at radius 3 is 2.47 bits per heavy atom. The van der Waals surface area contributed by atoms with Crippen LogP contribution in [0.2, 0.25) is 10.0 Å². The first-order valence-corrected chi connectivity index (χ1v) is 12.8. The Hall–Kier alpha value is -1.59. The van der Waals surface area contributed by atoms with Crippen LogP contribution in [-0.4, -0.2) is 18.1 Å². The molecule has 2 unspecified atom stereocenters. The Morgan fingerprint density at radius 2 is 1.88 bits per heavy atom. The topological polar surface area (TPSA) is 25.4 Å². The molecule has 1 saturated carbocycles. The SMILES string of the molecule is CCC(C1CC1)N(Cc1ccc(C(C)OC)cc1)c1nc(-c2ccc(Cl)cc2Cl)c(C)s1. The lowest BCUT2D eigenvalue weighted by Gasteiger charge is -2.31. The Bertz CT molecular complexity index is 1060. The van der Waals surface area contributed by atoms with Gasteiger partial charge in [0.05, 0.1) is 16.8 Å². The molecule has 1 fully saturated rings. The lowest BCUT2D eigenvalue weighted by molar-refractivity contribution is 0.119. The van der Waals surface area contributed by atoms with Crippen LogP contribution in [0.15, 0.2) is 42.5 Å². The highest BCUT2D eigenvalue weighted by molar-refractivity contribution is 7.16. The lowest BCUT2D eigenvalue weighted by atomic mass is 10.0. The highest BCUT2D eigenvalue weighted by atomic mass is 35.5. The maximum atomic E-state index is 6.51. The predicted molar refractivity (Wildman–Crippen MR) is 137 cm³/mol. The van der Waals surface area contributed by atoms with Crippen LogP contribution in [0.5, 0.6) is 0 Å². The number of thiazole rings is 1. The van der Waals surface area contributed by atoms with E-state index in [1.54, 1.807) is 24.5 Å². The van der Waals surface area contributed by atoms with Crippen LogP contribution in [0.1, 0.15) is 55.2 Å². The molecule has 2 atom stereocenters. The van der Waals surface area contributed by atoms with E-state index in [0.717, 1.165) is 35.3 Å². The average molecular weight is 490 g/mol. The summed E-state index contributed by atoms with van der Waals surface area (Å²) in [5, 5.41) is 2.34. The van der Waals surface area contributed by atoms with Crippen molar-refractivity contribution in [2.24, 2.45) is 5.92 Å². The monoisotopic (exact) mass is 488 g/mol. The van der Waals surface area contributed by atoms with E-state index in [4.69, 9.17) is 32.9 Å². The molecule has 0 saturated heterocycles. The van der Waals surface area contributed by atoms with E-state index in [1.807, 2.05) is 12.1 Å². The molecule has 0 spiro atoms. The van der Waals surface area contributed by atoms with Gasteiger partial charge in [-0.2, -0.15) is 0 Å². The number of halogens is 2. The zero-order valence-electron chi connectivity index (χ0n) is 19.1. The lowest BCUT2D eigenvalue weighted by Crippen LogP contribution is -2.36. The summed E-state index contributed by atoms with van der Waals surface area (Å²) in [6.45, 7) is 7.33. The smallest absolute Gasteiger partial charge is 0.186 e. The van der Waals surface area contributed by atoms with Crippen LogP contribution in [0, 0.1) is 12.8 Å². The Balaban J connectivity index is 1.67. The molecular formula is C26H30Cl2N2OS. The van der Waals surface area contributed by atoms with E-state index in [-0.39, 0.29) is 6.10 Å².